The molecule has 0 bridgehead atoms. The molecule has 1 aromatic rings. The first-order valence-corrected chi connectivity index (χ1v) is 7.41. The van der Waals surface area contributed by atoms with Crippen molar-refractivity contribution in [1.29, 1.82) is 0 Å². The zero-order valence-corrected chi connectivity index (χ0v) is 11.5. The smallest absolute Gasteiger partial charge is 0.197 e. The van der Waals surface area contributed by atoms with Crippen LogP contribution in [0.5, 0.6) is 0 Å². The lowest BCUT2D eigenvalue weighted by atomic mass is 10.3. The minimum absolute atomic E-state index is 0.0364. The van der Waals surface area contributed by atoms with Crippen LogP contribution in [0.1, 0.15) is 6.92 Å². The molecule has 0 aliphatic heterocycles. The number of pyridine rings is 1. The fourth-order valence-corrected chi connectivity index (χ4v) is 3.69. The van der Waals surface area contributed by atoms with Crippen molar-refractivity contribution >= 4 is 44.6 Å². The molecule has 1 aromatic heterocycles. The molecule has 0 N–H and O–H groups in total. The lowest BCUT2D eigenvalue weighted by Crippen LogP contribution is -2.16. The third-order valence-corrected chi connectivity index (χ3v) is 4.89. The monoisotopic (exact) mass is 301 g/mol. The van der Waals surface area contributed by atoms with E-state index in [0.717, 1.165) is 0 Å². The van der Waals surface area contributed by atoms with Gasteiger partial charge < -0.3 is 0 Å². The zero-order chi connectivity index (χ0) is 12.3. The van der Waals surface area contributed by atoms with Gasteiger partial charge in [0, 0.05) is 12.1 Å². The van der Waals surface area contributed by atoms with E-state index in [9.17, 15) is 8.42 Å². The summed E-state index contributed by atoms with van der Waals surface area (Å²) in [5, 5.41) is 0.194. The van der Waals surface area contributed by atoms with Gasteiger partial charge in [-0.1, -0.05) is 30.1 Å². The minimum atomic E-state index is -3.51. The summed E-state index contributed by atoms with van der Waals surface area (Å²) < 4.78 is 23.8. The Kier molecular flexibility index (Phi) is 4.86. The maximum atomic E-state index is 11.9. The second-order valence-electron chi connectivity index (χ2n) is 3.48. The predicted octanol–water partition coefficient (Wildman–Crippen LogP) is 3.04. The van der Waals surface area contributed by atoms with Gasteiger partial charge >= 0.3 is 0 Å². The average molecular weight is 303 g/mol. The fourth-order valence-electron chi connectivity index (χ4n) is 1.13. The Hall–Kier alpha value is -0.0300. The van der Waals surface area contributed by atoms with Gasteiger partial charge in [-0.05, 0) is 12.0 Å². The Morgan fingerprint density at radius 3 is 2.56 bits per heavy atom. The Bertz CT molecular complexity index is 476. The molecule has 0 aromatic carbocycles. The molecule has 0 aliphatic rings. The normalized spacial score (nSPS) is 13.8. The Labute approximate surface area is 110 Å². The molecule has 0 spiro atoms. The number of nitrogens with zero attached hydrogens (tertiary/aromatic N) is 1. The van der Waals surface area contributed by atoms with Gasteiger partial charge in [0.15, 0.2) is 14.9 Å². The number of halogens is 3. The maximum absolute atomic E-state index is 11.9. The highest BCUT2D eigenvalue weighted by Gasteiger charge is 2.22. The zero-order valence-electron chi connectivity index (χ0n) is 8.45. The van der Waals surface area contributed by atoms with Crippen molar-refractivity contribution in [1.82, 2.24) is 4.98 Å². The van der Waals surface area contributed by atoms with E-state index in [2.05, 4.69) is 4.98 Å². The van der Waals surface area contributed by atoms with Crippen LogP contribution in [-0.4, -0.2) is 25.0 Å². The van der Waals surface area contributed by atoms with E-state index < -0.39 is 9.84 Å². The van der Waals surface area contributed by atoms with Crippen LogP contribution in [0.25, 0.3) is 0 Å². The van der Waals surface area contributed by atoms with Gasteiger partial charge in [-0.25, -0.2) is 13.4 Å². The van der Waals surface area contributed by atoms with Crippen LogP contribution >= 0.6 is 34.8 Å². The highest BCUT2D eigenvalue weighted by molar-refractivity contribution is 7.91. The molecular weight excluding hydrogens is 293 g/mol. The maximum Gasteiger partial charge on any atom is 0.197 e. The number of aromatic nitrogens is 1. The standard InChI is InChI=1S/C9H10Cl3NO2S/c1-6(3-10)5-16(14,15)9-8(12)2-7(11)4-13-9/h2,4,6H,3,5H2,1H3. The molecule has 1 unspecified atom stereocenters. The summed E-state index contributed by atoms with van der Waals surface area (Å²) in [5.74, 6) is 0.0372. The van der Waals surface area contributed by atoms with Crippen LogP contribution in [0, 0.1) is 5.92 Å². The highest BCUT2D eigenvalue weighted by atomic mass is 35.5. The van der Waals surface area contributed by atoms with Crippen molar-refractivity contribution in [3.8, 4) is 0 Å². The largest absolute Gasteiger partial charge is 0.242 e. The van der Waals surface area contributed by atoms with Crippen molar-refractivity contribution in [2.24, 2.45) is 5.92 Å². The highest BCUT2D eigenvalue weighted by Crippen LogP contribution is 2.24. The van der Waals surface area contributed by atoms with E-state index >= 15 is 0 Å². The molecule has 0 aliphatic carbocycles. The first-order chi connectivity index (χ1) is 7.36. The van der Waals surface area contributed by atoms with E-state index in [4.69, 9.17) is 34.8 Å². The van der Waals surface area contributed by atoms with E-state index in [0.29, 0.717) is 5.02 Å². The number of sulfone groups is 1. The third kappa shape index (κ3) is 3.48. The molecule has 1 rings (SSSR count). The SMILES string of the molecule is CC(CCl)CS(=O)(=O)c1ncc(Cl)cc1Cl. The van der Waals surface area contributed by atoms with Crippen LogP contribution < -0.4 is 0 Å². The van der Waals surface area contributed by atoms with Gasteiger partial charge in [0.2, 0.25) is 0 Å². The molecule has 0 radical (unpaired) electrons. The quantitative estimate of drug-likeness (QED) is 0.803. The number of rotatable bonds is 4. The van der Waals surface area contributed by atoms with Gasteiger partial charge in [0.05, 0.1) is 15.8 Å². The minimum Gasteiger partial charge on any atom is -0.242 e. The van der Waals surface area contributed by atoms with Crippen LogP contribution in [0.3, 0.4) is 0 Å². The summed E-state index contributed by atoms with van der Waals surface area (Å²) in [6.07, 6.45) is 1.26. The molecule has 0 saturated carbocycles. The Balaban J connectivity index is 3.08. The first kappa shape index (κ1) is 14.0. The molecular formula is C9H10Cl3NO2S. The Morgan fingerprint density at radius 1 is 1.44 bits per heavy atom. The summed E-state index contributed by atoms with van der Waals surface area (Å²) in [6.45, 7) is 1.74. The molecule has 0 fully saturated rings. The van der Waals surface area contributed by atoms with Crippen molar-refractivity contribution in [3.63, 3.8) is 0 Å². The van der Waals surface area contributed by atoms with Gasteiger partial charge in [-0.2, -0.15) is 0 Å². The van der Waals surface area contributed by atoms with Gasteiger partial charge in [-0.15, -0.1) is 11.6 Å². The summed E-state index contributed by atoms with van der Waals surface area (Å²) in [5.41, 5.74) is 0. The van der Waals surface area contributed by atoms with Crippen molar-refractivity contribution in [3.05, 3.63) is 22.3 Å². The molecule has 3 nitrogen and oxygen atoms in total. The molecule has 1 atom stereocenters. The van der Waals surface area contributed by atoms with Crippen molar-refractivity contribution < 1.29 is 8.42 Å². The van der Waals surface area contributed by atoms with E-state index in [1.54, 1.807) is 6.92 Å². The number of hydrogen-bond acceptors (Lipinski definition) is 3. The lowest BCUT2D eigenvalue weighted by Gasteiger charge is -2.09. The lowest BCUT2D eigenvalue weighted by molar-refractivity contribution is 0.579. The van der Waals surface area contributed by atoms with Crippen LogP contribution in [0.4, 0.5) is 0 Å². The summed E-state index contributed by atoms with van der Waals surface area (Å²) in [7, 11) is -3.51. The van der Waals surface area contributed by atoms with Crippen LogP contribution in [-0.2, 0) is 9.84 Å². The van der Waals surface area contributed by atoms with Crippen LogP contribution in [0.2, 0.25) is 10.0 Å². The fraction of sp³-hybridized carbons (Fsp3) is 0.444. The van der Waals surface area contributed by atoms with Gasteiger partial charge in [0.25, 0.3) is 0 Å². The van der Waals surface area contributed by atoms with E-state index in [1.807, 2.05) is 0 Å². The number of hydrogen-bond donors (Lipinski definition) is 0. The molecule has 7 heteroatoms. The van der Waals surface area contributed by atoms with Gasteiger partial charge in [0.1, 0.15) is 0 Å². The van der Waals surface area contributed by atoms with Crippen LogP contribution in [0.15, 0.2) is 17.3 Å². The molecule has 1 heterocycles. The van der Waals surface area contributed by atoms with E-state index in [-0.39, 0.29) is 27.6 Å². The summed E-state index contributed by atoms with van der Waals surface area (Å²) in [4.78, 5) is 3.74. The topological polar surface area (TPSA) is 47.0 Å². The number of alkyl halides is 1. The van der Waals surface area contributed by atoms with Crippen molar-refractivity contribution in [2.45, 2.75) is 11.9 Å². The van der Waals surface area contributed by atoms with Crippen molar-refractivity contribution in [2.75, 3.05) is 11.6 Å². The molecule has 0 amide bonds. The predicted molar refractivity (Wildman–Crippen MR) is 66.2 cm³/mol. The molecule has 0 saturated heterocycles. The molecule has 16 heavy (non-hydrogen) atoms. The first-order valence-electron chi connectivity index (χ1n) is 4.46. The summed E-state index contributed by atoms with van der Waals surface area (Å²) >= 11 is 17.0. The second-order valence-corrected chi connectivity index (χ2v) is 6.58. The average Bonchev–Trinajstić information content (AvgIpc) is 2.16. The summed E-state index contributed by atoms with van der Waals surface area (Å²) in [6, 6.07) is 1.36. The van der Waals surface area contributed by atoms with E-state index in [1.165, 1.54) is 12.3 Å². The van der Waals surface area contributed by atoms with Gasteiger partial charge in [-0.3, -0.25) is 0 Å². The second kappa shape index (κ2) is 5.54. The third-order valence-electron chi connectivity index (χ3n) is 1.84. The Morgan fingerprint density at radius 2 is 2.06 bits per heavy atom. The molecule has 90 valence electrons.